The number of anilines is 1. The van der Waals surface area contributed by atoms with E-state index in [0.717, 1.165) is 11.3 Å². The number of amides is 1. The molecule has 2 aromatic rings. The second-order valence-electron chi connectivity index (χ2n) is 6.54. The van der Waals surface area contributed by atoms with Crippen LogP contribution in [0.15, 0.2) is 36.5 Å². The summed E-state index contributed by atoms with van der Waals surface area (Å²) >= 11 is 0. The van der Waals surface area contributed by atoms with E-state index in [1.807, 2.05) is 18.2 Å². The van der Waals surface area contributed by atoms with Crippen LogP contribution in [0.1, 0.15) is 22.3 Å². The highest BCUT2D eigenvalue weighted by atomic mass is 32.2. The summed E-state index contributed by atoms with van der Waals surface area (Å²) in [5.41, 5.74) is 1.43. The summed E-state index contributed by atoms with van der Waals surface area (Å²) in [7, 11) is -3.03. The van der Waals surface area contributed by atoms with E-state index in [-0.39, 0.29) is 30.2 Å². The molecular weight excluding hydrogens is 370 g/mol. The van der Waals surface area contributed by atoms with E-state index in [0.29, 0.717) is 30.1 Å². The summed E-state index contributed by atoms with van der Waals surface area (Å²) in [5, 5.41) is 5.95. The molecule has 1 atom stereocenters. The highest BCUT2D eigenvalue weighted by Gasteiger charge is 2.29. The van der Waals surface area contributed by atoms with Crippen LogP contribution in [-0.4, -0.2) is 43.6 Å². The molecule has 1 fully saturated rings. The summed E-state index contributed by atoms with van der Waals surface area (Å²) in [4.78, 5) is 16.6. The third-order valence-corrected chi connectivity index (χ3v) is 6.27. The van der Waals surface area contributed by atoms with Crippen molar-refractivity contribution < 1.29 is 22.7 Å². The van der Waals surface area contributed by atoms with Crippen LogP contribution in [0.5, 0.6) is 11.5 Å². The second-order valence-corrected chi connectivity index (χ2v) is 8.77. The topological polar surface area (TPSA) is 107 Å². The third kappa shape index (κ3) is 4.13. The van der Waals surface area contributed by atoms with Crippen LogP contribution >= 0.6 is 0 Å². The van der Waals surface area contributed by atoms with Crippen LogP contribution in [-0.2, 0) is 16.4 Å². The number of carbonyl (C=O) groups is 1. The first kappa shape index (κ1) is 17.6. The largest absolute Gasteiger partial charge is 0.454 e. The average molecular weight is 389 g/mol. The van der Waals surface area contributed by atoms with Gasteiger partial charge in [0.1, 0.15) is 5.82 Å². The molecule has 8 nitrogen and oxygen atoms in total. The maximum Gasteiger partial charge on any atom is 0.251 e. The number of benzene rings is 1. The van der Waals surface area contributed by atoms with Crippen LogP contribution < -0.4 is 20.1 Å². The predicted molar refractivity (Wildman–Crippen MR) is 98.7 cm³/mol. The highest BCUT2D eigenvalue weighted by molar-refractivity contribution is 7.91. The fourth-order valence-corrected chi connectivity index (χ4v) is 4.76. The standard InChI is InChI=1S/C18H19N3O5S/c22-18(21-14-4-6-27(23,24)10-14)13-3-5-19-17(8-13)20-9-12-1-2-15-16(7-12)26-11-25-15/h1-3,5,7-8,14H,4,6,9-11H2,(H,19,20)(H,21,22). The monoisotopic (exact) mass is 389 g/mol. The minimum atomic E-state index is -3.03. The van der Waals surface area contributed by atoms with Gasteiger partial charge in [0.15, 0.2) is 21.3 Å². The fraction of sp³-hybridized carbons (Fsp3) is 0.333. The number of fused-ring (bicyclic) bond motifs is 1. The van der Waals surface area contributed by atoms with E-state index < -0.39 is 9.84 Å². The molecular formula is C18H19N3O5S. The number of aromatic nitrogens is 1. The van der Waals surface area contributed by atoms with Gasteiger partial charge in [-0.25, -0.2) is 13.4 Å². The SMILES string of the molecule is O=C(NC1CCS(=O)(=O)C1)c1ccnc(NCc2ccc3c(c2)OCO3)c1. The molecule has 2 aliphatic rings. The Bertz CT molecular complexity index is 977. The van der Waals surface area contributed by atoms with E-state index in [2.05, 4.69) is 15.6 Å². The number of nitrogens with one attached hydrogen (secondary N) is 2. The maximum atomic E-state index is 12.4. The summed E-state index contributed by atoms with van der Waals surface area (Å²) in [6.45, 7) is 0.739. The van der Waals surface area contributed by atoms with Gasteiger partial charge in [-0.1, -0.05) is 6.07 Å². The smallest absolute Gasteiger partial charge is 0.251 e. The second kappa shape index (κ2) is 7.07. The zero-order chi connectivity index (χ0) is 18.9. The molecule has 0 aliphatic carbocycles. The Kier molecular flexibility index (Phi) is 4.61. The molecule has 2 N–H and O–H groups in total. The Hall–Kier alpha value is -2.81. The van der Waals surface area contributed by atoms with Gasteiger partial charge in [-0.2, -0.15) is 0 Å². The number of nitrogens with zero attached hydrogens (tertiary/aromatic N) is 1. The lowest BCUT2D eigenvalue weighted by molar-refractivity contribution is 0.0941. The van der Waals surface area contributed by atoms with Crippen LogP contribution in [0, 0.1) is 0 Å². The first-order valence-electron chi connectivity index (χ1n) is 8.58. The maximum absolute atomic E-state index is 12.4. The third-order valence-electron chi connectivity index (χ3n) is 4.50. The molecule has 1 aromatic heterocycles. The summed E-state index contributed by atoms with van der Waals surface area (Å²) in [5.74, 6) is 1.81. The van der Waals surface area contributed by atoms with Gasteiger partial charge in [0, 0.05) is 24.3 Å². The molecule has 27 heavy (non-hydrogen) atoms. The van der Waals surface area contributed by atoms with Crippen LogP contribution in [0.25, 0.3) is 0 Å². The lowest BCUT2D eigenvalue weighted by Gasteiger charge is -2.12. The van der Waals surface area contributed by atoms with Crippen molar-refractivity contribution in [2.75, 3.05) is 23.6 Å². The van der Waals surface area contributed by atoms with E-state index in [1.165, 1.54) is 0 Å². The number of sulfone groups is 1. The van der Waals surface area contributed by atoms with Gasteiger partial charge in [-0.15, -0.1) is 0 Å². The lowest BCUT2D eigenvalue weighted by atomic mass is 10.2. The molecule has 3 heterocycles. The first-order chi connectivity index (χ1) is 13.0. The molecule has 0 bridgehead atoms. The van der Waals surface area contributed by atoms with Gasteiger partial charge in [0.25, 0.3) is 5.91 Å². The predicted octanol–water partition coefficient (Wildman–Crippen LogP) is 1.34. The number of ether oxygens (including phenoxy) is 2. The minimum absolute atomic E-state index is 0.000948. The Morgan fingerprint density at radius 3 is 2.85 bits per heavy atom. The average Bonchev–Trinajstić information content (AvgIpc) is 3.25. The van der Waals surface area contributed by atoms with Crippen LogP contribution in [0.2, 0.25) is 0 Å². The van der Waals surface area contributed by atoms with Crippen LogP contribution in [0.3, 0.4) is 0 Å². The van der Waals surface area contributed by atoms with Crippen molar-refractivity contribution >= 4 is 21.6 Å². The van der Waals surface area contributed by atoms with Gasteiger partial charge >= 0.3 is 0 Å². The van der Waals surface area contributed by atoms with Crippen molar-refractivity contribution in [2.45, 2.75) is 19.0 Å². The summed E-state index contributed by atoms with van der Waals surface area (Å²) in [6, 6.07) is 8.59. The molecule has 1 unspecified atom stereocenters. The normalized spacial score (nSPS) is 19.6. The summed E-state index contributed by atoms with van der Waals surface area (Å²) < 4.78 is 33.7. The van der Waals surface area contributed by atoms with Gasteiger partial charge in [0.05, 0.1) is 11.5 Å². The van der Waals surface area contributed by atoms with Gasteiger partial charge in [-0.3, -0.25) is 4.79 Å². The molecule has 9 heteroatoms. The molecule has 142 valence electrons. The Morgan fingerprint density at radius 2 is 2.04 bits per heavy atom. The minimum Gasteiger partial charge on any atom is -0.454 e. The Labute approximate surface area is 156 Å². The van der Waals surface area contributed by atoms with Crippen molar-refractivity contribution in [3.05, 3.63) is 47.7 Å². The molecule has 4 rings (SSSR count). The molecule has 1 aromatic carbocycles. The zero-order valence-electron chi connectivity index (χ0n) is 14.5. The van der Waals surface area contributed by atoms with Crippen molar-refractivity contribution in [3.63, 3.8) is 0 Å². The molecule has 1 saturated heterocycles. The van der Waals surface area contributed by atoms with Gasteiger partial charge < -0.3 is 20.1 Å². The number of pyridine rings is 1. The quantitative estimate of drug-likeness (QED) is 0.795. The van der Waals surface area contributed by atoms with E-state index in [4.69, 9.17) is 9.47 Å². The van der Waals surface area contributed by atoms with Gasteiger partial charge in [0.2, 0.25) is 6.79 Å². The zero-order valence-corrected chi connectivity index (χ0v) is 15.3. The highest BCUT2D eigenvalue weighted by Crippen LogP contribution is 2.32. The number of carbonyl (C=O) groups excluding carboxylic acids is 1. The molecule has 2 aliphatic heterocycles. The Balaban J connectivity index is 1.38. The van der Waals surface area contributed by atoms with Crippen molar-refractivity contribution in [2.24, 2.45) is 0 Å². The van der Waals surface area contributed by atoms with E-state index >= 15 is 0 Å². The van der Waals surface area contributed by atoms with Crippen molar-refractivity contribution in [1.82, 2.24) is 10.3 Å². The van der Waals surface area contributed by atoms with E-state index in [9.17, 15) is 13.2 Å². The molecule has 0 saturated carbocycles. The molecule has 0 spiro atoms. The molecule has 1 amide bonds. The fourth-order valence-electron chi connectivity index (χ4n) is 3.09. The van der Waals surface area contributed by atoms with Crippen LogP contribution in [0.4, 0.5) is 5.82 Å². The van der Waals surface area contributed by atoms with E-state index in [1.54, 1.807) is 18.3 Å². The Morgan fingerprint density at radius 1 is 1.19 bits per heavy atom. The number of rotatable bonds is 5. The summed E-state index contributed by atoms with van der Waals surface area (Å²) in [6.07, 6.45) is 2.00. The number of hydrogen-bond donors (Lipinski definition) is 2. The first-order valence-corrected chi connectivity index (χ1v) is 10.4. The number of hydrogen-bond acceptors (Lipinski definition) is 7. The lowest BCUT2D eigenvalue weighted by Crippen LogP contribution is -2.35. The molecule has 0 radical (unpaired) electrons. The van der Waals surface area contributed by atoms with Gasteiger partial charge in [-0.05, 0) is 36.2 Å². The van der Waals surface area contributed by atoms with Crippen molar-refractivity contribution in [3.8, 4) is 11.5 Å². The van der Waals surface area contributed by atoms with Crippen molar-refractivity contribution in [1.29, 1.82) is 0 Å².